The van der Waals surface area contributed by atoms with E-state index in [1.165, 1.54) is 0 Å². The van der Waals surface area contributed by atoms with Crippen molar-refractivity contribution in [2.45, 2.75) is 31.8 Å². The van der Waals surface area contributed by atoms with E-state index in [0.717, 1.165) is 32.2 Å². The molecule has 2 aliphatic rings. The molecule has 1 aliphatic carbocycles. The number of hydrogen-bond acceptors (Lipinski definition) is 4. The van der Waals surface area contributed by atoms with E-state index in [4.69, 9.17) is 4.74 Å². The number of hydrogen-bond donors (Lipinski definition) is 0. The van der Waals surface area contributed by atoms with E-state index in [2.05, 4.69) is 9.97 Å². The molecular formula is C13H17N3O2. The Bertz CT molecular complexity index is 420. The molecule has 1 atom stereocenters. The smallest absolute Gasteiger partial charge is 0.316 e. The molecule has 1 aromatic heterocycles. The van der Waals surface area contributed by atoms with Gasteiger partial charge in [-0.3, -0.25) is 4.79 Å². The maximum absolute atomic E-state index is 12.0. The standard InChI is InChI=1S/C13H17N3O2/c17-12(10-4-5-10)16-8-1-3-11(9-16)18-13-14-6-2-7-15-13/h2,6-7,10-11H,1,3-5,8-9H2/t11-/m0/s1. The largest absolute Gasteiger partial charge is 0.458 e. The third-order valence-electron chi connectivity index (χ3n) is 3.43. The summed E-state index contributed by atoms with van der Waals surface area (Å²) in [6, 6.07) is 2.17. The second kappa shape index (κ2) is 4.92. The molecule has 1 aliphatic heterocycles. The first kappa shape index (κ1) is 11.4. The van der Waals surface area contributed by atoms with Crippen LogP contribution in [-0.4, -0.2) is 40.0 Å². The molecule has 1 saturated carbocycles. The Balaban J connectivity index is 1.58. The third-order valence-corrected chi connectivity index (χ3v) is 3.43. The van der Waals surface area contributed by atoms with Crippen LogP contribution in [0.15, 0.2) is 18.5 Å². The van der Waals surface area contributed by atoms with Crippen LogP contribution in [0, 0.1) is 5.92 Å². The molecule has 2 heterocycles. The van der Waals surface area contributed by atoms with Gasteiger partial charge in [0.15, 0.2) is 0 Å². The van der Waals surface area contributed by atoms with Crippen LogP contribution < -0.4 is 4.74 Å². The van der Waals surface area contributed by atoms with Crippen molar-refractivity contribution in [1.29, 1.82) is 0 Å². The van der Waals surface area contributed by atoms with E-state index in [9.17, 15) is 4.79 Å². The van der Waals surface area contributed by atoms with Crippen LogP contribution >= 0.6 is 0 Å². The minimum absolute atomic E-state index is 0.0313. The quantitative estimate of drug-likeness (QED) is 0.806. The number of carbonyl (C=O) groups excluding carboxylic acids is 1. The summed E-state index contributed by atoms with van der Waals surface area (Å²) in [5, 5.41) is 0. The van der Waals surface area contributed by atoms with E-state index >= 15 is 0 Å². The van der Waals surface area contributed by atoms with Gasteiger partial charge in [-0.25, -0.2) is 9.97 Å². The normalized spacial score (nSPS) is 23.8. The number of rotatable bonds is 3. The lowest BCUT2D eigenvalue weighted by Crippen LogP contribution is -2.45. The molecule has 0 N–H and O–H groups in total. The summed E-state index contributed by atoms with van der Waals surface area (Å²) in [6.45, 7) is 1.54. The molecule has 0 bridgehead atoms. The van der Waals surface area contributed by atoms with Gasteiger partial charge in [0, 0.05) is 24.9 Å². The molecule has 2 fully saturated rings. The lowest BCUT2D eigenvalue weighted by molar-refractivity contribution is -0.135. The molecule has 0 radical (unpaired) electrons. The monoisotopic (exact) mass is 247 g/mol. The summed E-state index contributed by atoms with van der Waals surface area (Å²) in [5.74, 6) is 0.592. The molecule has 1 aromatic rings. The zero-order valence-corrected chi connectivity index (χ0v) is 10.3. The fourth-order valence-corrected chi connectivity index (χ4v) is 2.32. The first-order valence-corrected chi connectivity index (χ1v) is 6.55. The summed E-state index contributed by atoms with van der Waals surface area (Å²) >= 11 is 0. The molecule has 96 valence electrons. The SMILES string of the molecule is O=C(C1CC1)N1CCC[C@H](Oc2ncccn2)C1. The highest BCUT2D eigenvalue weighted by Gasteiger charge is 2.35. The summed E-state index contributed by atoms with van der Waals surface area (Å²) in [7, 11) is 0. The third kappa shape index (κ3) is 2.60. The van der Waals surface area contributed by atoms with Crippen LogP contribution in [0.4, 0.5) is 0 Å². The second-order valence-electron chi connectivity index (χ2n) is 4.97. The molecule has 1 saturated heterocycles. The second-order valence-corrected chi connectivity index (χ2v) is 4.97. The highest BCUT2D eigenvalue weighted by Crippen LogP contribution is 2.32. The van der Waals surface area contributed by atoms with Gasteiger partial charge >= 0.3 is 6.01 Å². The van der Waals surface area contributed by atoms with Gasteiger partial charge in [-0.2, -0.15) is 0 Å². The Hall–Kier alpha value is -1.65. The van der Waals surface area contributed by atoms with Crippen molar-refractivity contribution in [2.75, 3.05) is 13.1 Å². The van der Waals surface area contributed by atoms with Crippen molar-refractivity contribution < 1.29 is 9.53 Å². The van der Waals surface area contributed by atoms with Crippen LogP contribution in [0.25, 0.3) is 0 Å². The molecule has 0 spiro atoms. The number of nitrogens with zero attached hydrogens (tertiary/aromatic N) is 3. The Morgan fingerprint density at radius 2 is 2.06 bits per heavy atom. The molecule has 3 rings (SSSR count). The van der Waals surface area contributed by atoms with Crippen molar-refractivity contribution in [1.82, 2.24) is 14.9 Å². The molecule has 5 nitrogen and oxygen atoms in total. The van der Waals surface area contributed by atoms with Crippen molar-refractivity contribution in [3.63, 3.8) is 0 Å². The van der Waals surface area contributed by atoms with Gasteiger partial charge in [0.1, 0.15) is 6.10 Å². The first-order chi connectivity index (χ1) is 8.83. The van der Waals surface area contributed by atoms with Crippen molar-refractivity contribution in [3.8, 4) is 6.01 Å². The van der Waals surface area contributed by atoms with Gasteiger partial charge < -0.3 is 9.64 Å². The molecule has 5 heteroatoms. The van der Waals surface area contributed by atoms with E-state index in [-0.39, 0.29) is 12.0 Å². The van der Waals surface area contributed by atoms with Crippen LogP contribution in [0.2, 0.25) is 0 Å². The summed E-state index contributed by atoms with van der Waals surface area (Å²) < 4.78 is 5.72. The van der Waals surface area contributed by atoms with Crippen molar-refractivity contribution in [3.05, 3.63) is 18.5 Å². The minimum Gasteiger partial charge on any atom is -0.458 e. The first-order valence-electron chi connectivity index (χ1n) is 6.55. The molecule has 0 unspecified atom stereocenters. The molecule has 1 amide bonds. The fraction of sp³-hybridized carbons (Fsp3) is 0.615. The number of piperidine rings is 1. The average Bonchev–Trinajstić information content (AvgIpc) is 3.24. The lowest BCUT2D eigenvalue weighted by Gasteiger charge is -2.32. The van der Waals surface area contributed by atoms with E-state index < -0.39 is 0 Å². The maximum Gasteiger partial charge on any atom is 0.316 e. The number of carbonyl (C=O) groups is 1. The minimum atomic E-state index is 0.0313. The predicted octanol–water partition coefficient (Wildman–Crippen LogP) is 1.26. The zero-order chi connectivity index (χ0) is 12.4. The number of amides is 1. The number of likely N-dealkylation sites (tertiary alicyclic amines) is 1. The van der Waals surface area contributed by atoms with Crippen LogP contribution in [0.5, 0.6) is 6.01 Å². The van der Waals surface area contributed by atoms with Gasteiger partial charge in [-0.05, 0) is 31.7 Å². The summed E-state index contributed by atoms with van der Waals surface area (Å²) in [5.41, 5.74) is 0. The molecule has 18 heavy (non-hydrogen) atoms. The Morgan fingerprint density at radius 1 is 1.28 bits per heavy atom. The molecular weight excluding hydrogens is 230 g/mol. The highest BCUT2D eigenvalue weighted by molar-refractivity contribution is 5.81. The van der Waals surface area contributed by atoms with E-state index in [1.54, 1.807) is 18.5 Å². The number of aromatic nitrogens is 2. The zero-order valence-electron chi connectivity index (χ0n) is 10.3. The van der Waals surface area contributed by atoms with Gasteiger partial charge in [-0.15, -0.1) is 0 Å². The fourth-order valence-electron chi connectivity index (χ4n) is 2.32. The molecule has 0 aromatic carbocycles. The summed E-state index contributed by atoms with van der Waals surface area (Å²) in [4.78, 5) is 22.0. The van der Waals surface area contributed by atoms with Crippen LogP contribution in [0.1, 0.15) is 25.7 Å². The van der Waals surface area contributed by atoms with E-state index in [0.29, 0.717) is 18.5 Å². The van der Waals surface area contributed by atoms with Gasteiger partial charge in [-0.1, -0.05) is 0 Å². The van der Waals surface area contributed by atoms with Crippen molar-refractivity contribution in [2.24, 2.45) is 5.92 Å². The Labute approximate surface area is 106 Å². The lowest BCUT2D eigenvalue weighted by atomic mass is 10.1. The maximum atomic E-state index is 12.0. The van der Waals surface area contributed by atoms with E-state index in [1.807, 2.05) is 4.90 Å². The van der Waals surface area contributed by atoms with Crippen molar-refractivity contribution >= 4 is 5.91 Å². The van der Waals surface area contributed by atoms with Gasteiger partial charge in [0.2, 0.25) is 5.91 Å². The number of ether oxygens (including phenoxy) is 1. The topological polar surface area (TPSA) is 55.3 Å². The highest BCUT2D eigenvalue weighted by atomic mass is 16.5. The van der Waals surface area contributed by atoms with Crippen LogP contribution in [-0.2, 0) is 4.79 Å². The predicted molar refractivity (Wildman–Crippen MR) is 65.0 cm³/mol. The van der Waals surface area contributed by atoms with Gasteiger partial charge in [0.25, 0.3) is 0 Å². The van der Waals surface area contributed by atoms with Gasteiger partial charge in [0.05, 0.1) is 6.54 Å². The summed E-state index contributed by atoms with van der Waals surface area (Å²) in [6.07, 6.45) is 7.44. The average molecular weight is 247 g/mol. The Kier molecular flexibility index (Phi) is 3.13. The Morgan fingerprint density at radius 3 is 2.78 bits per heavy atom. The van der Waals surface area contributed by atoms with Crippen LogP contribution in [0.3, 0.4) is 0 Å².